The molecule has 0 aromatic carbocycles. The highest BCUT2D eigenvalue weighted by Gasteiger charge is 2.27. The SMILES string of the molecule is OCC[C@@H]1CN(Cc2cccn2-c2cccnc2)CCN1Cc1cccs1. The van der Waals surface area contributed by atoms with E-state index in [-0.39, 0.29) is 6.61 Å². The van der Waals surface area contributed by atoms with Crippen molar-refractivity contribution in [2.24, 2.45) is 0 Å². The van der Waals surface area contributed by atoms with Crippen LogP contribution in [0.15, 0.2) is 60.4 Å². The number of thiophene rings is 1. The molecule has 142 valence electrons. The molecular weight excluding hydrogens is 356 g/mol. The molecule has 0 bridgehead atoms. The second-order valence-electron chi connectivity index (χ2n) is 7.03. The van der Waals surface area contributed by atoms with E-state index in [2.05, 4.69) is 61.3 Å². The lowest BCUT2D eigenvalue weighted by Crippen LogP contribution is -2.52. The summed E-state index contributed by atoms with van der Waals surface area (Å²) < 4.78 is 2.21. The Labute approximate surface area is 164 Å². The normalized spacial score (nSPS) is 18.8. The van der Waals surface area contributed by atoms with Gasteiger partial charge in [-0.1, -0.05) is 6.07 Å². The minimum Gasteiger partial charge on any atom is -0.396 e. The predicted molar refractivity (Wildman–Crippen MR) is 109 cm³/mol. The van der Waals surface area contributed by atoms with Gasteiger partial charge in [-0.05, 0) is 42.1 Å². The van der Waals surface area contributed by atoms with E-state index in [0.29, 0.717) is 6.04 Å². The number of aliphatic hydroxyl groups is 1. The van der Waals surface area contributed by atoms with E-state index in [4.69, 9.17) is 0 Å². The second kappa shape index (κ2) is 8.80. The third-order valence-electron chi connectivity index (χ3n) is 5.23. The zero-order valence-corrected chi connectivity index (χ0v) is 16.3. The van der Waals surface area contributed by atoms with Gasteiger partial charge >= 0.3 is 0 Å². The molecule has 1 fully saturated rings. The van der Waals surface area contributed by atoms with Crippen molar-refractivity contribution < 1.29 is 5.11 Å². The summed E-state index contributed by atoms with van der Waals surface area (Å²) in [7, 11) is 0. The lowest BCUT2D eigenvalue weighted by Gasteiger charge is -2.41. The van der Waals surface area contributed by atoms with Gasteiger partial charge in [-0.15, -0.1) is 11.3 Å². The summed E-state index contributed by atoms with van der Waals surface area (Å²) in [6.45, 7) is 5.22. The van der Waals surface area contributed by atoms with Crippen LogP contribution in [0.2, 0.25) is 0 Å². The van der Waals surface area contributed by atoms with Crippen LogP contribution in [0.5, 0.6) is 0 Å². The summed E-state index contributed by atoms with van der Waals surface area (Å²) in [4.78, 5) is 10.7. The molecule has 27 heavy (non-hydrogen) atoms. The zero-order chi connectivity index (χ0) is 18.5. The molecule has 1 saturated heterocycles. The molecule has 0 unspecified atom stereocenters. The Morgan fingerprint density at radius 2 is 2.07 bits per heavy atom. The molecule has 0 radical (unpaired) electrons. The average Bonchev–Trinajstić information content (AvgIpc) is 3.37. The lowest BCUT2D eigenvalue weighted by atomic mass is 10.1. The summed E-state index contributed by atoms with van der Waals surface area (Å²) in [6.07, 6.45) is 6.63. The molecule has 1 N–H and O–H groups in total. The highest BCUT2D eigenvalue weighted by atomic mass is 32.1. The second-order valence-corrected chi connectivity index (χ2v) is 8.06. The maximum absolute atomic E-state index is 9.54. The number of rotatable bonds is 7. The first-order valence-corrected chi connectivity index (χ1v) is 10.4. The van der Waals surface area contributed by atoms with Crippen molar-refractivity contribution in [2.75, 3.05) is 26.2 Å². The minimum absolute atomic E-state index is 0.242. The van der Waals surface area contributed by atoms with Crippen LogP contribution in [-0.4, -0.2) is 56.7 Å². The van der Waals surface area contributed by atoms with E-state index < -0.39 is 0 Å². The molecule has 0 saturated carbocycles. The van der Waals surface area contributed by atoms with Gasteiger partial charge in [-0.3, -0.25) is 14.8 Å². The Morgan fingerprint density at radius 3 is 2.85 bits per heavy atom. The fraction of sp³-hybridized carbons (Fsp3) is 0.381. The molecule has 6 heteroatoms. The van der Waals surface area contributed by atoms with E-state index >= 15 is 0 Å². The highest BCUT2D eigenvalue weighted by Crippen LogP contribution is 2.21. The molecule has 0 amide bonds. The van der Waals surface area contributed by atoms with Crippen LogP contribution >= 0.6 is 11.3 Å². The predicted octanol–water partition coefficient (Wildman–Crippen LogP) is 3.00. The first-order valence-electron chi connectivity index (χ1n) is 9.50. The molecule has 4 heterocycles. The Hall–Kier alpha value is -1.99. The standard InChI is InChI=1S/C21H26N4OS/c26-12-7-19-15-23(10-11-24(19)17-21-6-3-13-27-21)16-20-5-2-9-25(20)18-4-1-8-22-14-18/h1-6,8-9,13-14,19,26H,7,10-12,15-17H2/t19-/m1/s1. The molecule has 3 aromatic heterocycles. The number of piperazine rings is 1. The van der Waals surface area contributed by atoms with Gasteiger partial charge in [0, 0.05) is 68.3 Å². The largest absolute Gasteiger partial charge is 0.396 e. The number of aromatic nitrogens is 2. The molecule has 3 aromatic rings. The van der Waals surface area contributed by atoms with Crippen molar-refractivity contribution in [2.45, 2.75) is 25.6 Å². The lowest BCUT2D eigenvalue weighted by molar-refractivity contribution is 0.0498. The fourth-order valence-electron chi connectivity index (χ4n) is 3.86. The van der Waals surface area contributed by atoms with Crippen LogP contribution in [0.3, 0.4) is 0 Å². The van der Waals surface area contributed by atoms with Crippen molar-refractivity contribution >= 4 is 11.3 Å². The van der Waals surface area contributed by atoms with Gasteiger partial charge < -0.3 is 9.67 Å². The van der Waals surface area contributed by atoms with E-state index in [1.54, 1.807) is 6.20 Å². The molecule has 1 aliphatic heterocycles. The van der Waals surface area contributed by atoms with Crippen LogP contribution in [0.4, 0.5) is 0 Å². The van der Waals surface area contributed by atoms with Gasteiger partial charge in [0.1, 0.15) is 0 Å². The van der Waals surface area contributed by atoms with E-state index in [9.17, 15) is 5.11 Å². The fourth-order valence-corrected chi connectivity index (χ4v) is 4.59. The first-order chi connectivity index (χ1) is 13.3. The summed E-state index contributed by atoms with van der Waals surface area (Å²) >= 11 is 1.81. The van der Waals surface area contributed by atoms with Crippen LogP contribution < -0.4 is 0 Å². The molecule has 5 nitrogen and oxygen atoms in total. The van der Waals surface area contributed by atoms with Crippen LogP contribution in [0.25, 0.3) is 5.69 Å². The summed E-state index contributed by atoms with van der Waals surface area (Å²) in [5, 5.41) is 11.7. The zero-order valence-electron chi connectivity index (χ0n) is 15.4. The molecule has 0 spiro atoms. The summed E-state index contributed by atoms with van der Waals surface area (Å²) in [6, 6.07) is 13.1. The van der Waals surface area contributed by atoms with E-state index in [0.717, 1.165) is 44.8 Å². The number of aliphatic hydroxyl groups excluding tert-OH is 1. The van der Waals surface area contributed by atoms with E-state index in [1.807, 2.05) is 23.6 Å². The van der Waals surface area contributed by atoms with Crippen LogP contribution in [-0.2, 0) is 13.1 Å². The van der Waals surface area contributed by atoms with Crippen molar-refractivity contribution in [3.05, 3.63) is 70.9 Å². The number of hydrogen-bond acceptors (Lipinski definition) is 5. The Morgan fingerprint density at radius 1 is 1.11 bits per heavy atom. The first kappa shape index (κ1) is 18.4. The third kappa shape index (κ3) is 4.47. The van der Waals surface area contributed by atoms with Gasteiger partial charge in [0.05, 0.1) is 11.9 Å². The van der Waals surface area contributed by atoms with Crippen LogP contribution in [0, 0.1) is 0 Å². The van der Waals surface area contributed by atoms with Crippen molar-refractivity contribution in [3.63, 3.8) is 0 Å². The quantitative estimate of drug-likeness (QED) is 0.682. The van der Waals surface area contributed by atoms with Gasteiger partial charge in [-0.25, -0.2) is 0 Å². The summed E-state index contributed by atoms with van der Waals surface area (Å²) in [5.74, 6) is 0. The van der Waals surface area contributed by atoms with Gasteiger partial charge in [0.15, 0.2) is 0 Å². The average molecular weight is 383 g/mol. The Balaban J connectivity index is 1.43. The molecular formula is C21H26N4OS. The number of hydrogen-bond donors (Lipinski definition) is 1. The van der Waals surface area contributed by atoms with Crippen molar-refractivity contribution in [3.8, 4) is 5.69 Å². The maximum Gasteiger partial charge on any atom is 0.0636 e. The van der Waals surface area contributed by atoms with Crippen LogP contribution in [0.1, 0.15) is 17.0 Å². The van der Waals surface area contributed by atoms with E-state index in [1.165, 1.54) is 10.6 Å². The summed E-state index contributed by atoms with van der Waals surface area (Å²) in [5.41, 5.74) is 2.37. The Bertz CT molecular complexity index is 818. The molecule has 1 aliphatic rings. The number of nitrogens with zero attached hydrogens (tertiary/aromatic N) is 4. The van der Waals surface area contributed by atoms with Gasteiger partial charge in [-0.2, -0.15) is 0 Å². The Kier molecular flexibility index (Phi) is 5.99. The highest BCUT2D eigenvalue weighted by molar-refractivity contribution is 7.09. The molecule has 4 rings (SSSR count). The third-order valence-corrected chi connectivity index (χ3v) is 6.09. The van der Waals surface area contributed by atoms with Crippen molar-refractivity contribution in [1.29, 1.82) is 0 Å². The number of pyridine rings is 1. The monoisotopic (exact) mass is 382 g/mol. The minimum atomic E-state index is 0.242. The van der Waals surface area contributed by atoms with Gasteiger partial charge in [0.2, 0.25) is 0 Å². The molecule has 0 aliphatic carbocycles. The van der Waals surface area contributed by atoms with Crippen molar-refractivity contribution in [1.82, 2.24) is 19.4 Å². The smallest absolute Gasteiger partial charge is 0.0636 e. The maximum atomic E-state index is 9.54. The molecule has 1 atom stereocenters. The van der Waals surface area contributed by atoms with Gasteiger partial charge in [0.25, 0.3) is 0 Å². The topological polar surface area (TPSA) is 44.5 Å².